The minimum absolute atomic E-state index is 0.00142. The van der Waals surface area contributed by atoms with E-state index in [4.69, 9.17) is 44.4 Å². The van der Waals surface area contributed by atoms with Crippen molar-refractivity contribution in [3.63, 3.8) is 0 Å². The number of carbonyl (C=O) groups excluding carboxylic acids is 2. The molecule has 2 N–H and O–H groups in total. The second kappa shape index (κ2) is 10.1. The highest BCUT2D eigenvalue weighted by Crippen LogP contribution is 2.22. The van der Waals surface area contributed by atoms with Crippen LogP contribution in [0.4, 0.5) is 10.5 Å². The molecule has 2 aromatic rings. The second-order valence-electron chi connectivity index (χ2n) is 5.31. The Morgan fingerprint density at radius 2 is 1.74 bits per heavy atom. The van der Waals surface area contributed by atoms with Crippen molar-refractivity contribution in [3.05, 3.63) is 74.9 Å². The van der Waals surface area contributed by atoms with E-state index in [1.807, 2.05) is 0 Å². The molecule has 0 bridgehead atoms. The third kappa shape index (κ3) is 7.38. The van der Waals surface area contributed by atoms with Gasteiger partial charge >= 0.3 is 12.1 Å². The zero-order valence-corrected chi connectivity index (χ0v) is 16.4. The molecule has 0 aliphatic heterocycles. The SMILES string of the molecule is CC(=CC(=O)ONc1ccc(Cl)cc1)NC(=O)OCc1ccc(Cl)c(Cl)c1. The molecule has 0 aromatic heterocycles. The number of benzene rings is 2. The fourth-order valence-corrected chi connectivity index (χ4v) is 2.29. The van der Waals surface area contributed by atoms with Crippen LogP contribution in [0, 0.1) is 0 Å². The van der Waals surface area contributed by atoms with Gasteiger partial charge in [-0.05, 0) is 48.9 Å². The summed E-state index contributed by atoms with van der Waals surface area (Å²) in [4.78, 5) is 28.3. The number of allylic oxidation sites excluding steroid dienone is 1. The van der Waals surface area contributed by atoms with Crippen molar-refractivity contribution in [1.29, 1.82) is 0 Å². The topological polar surface area (TPSA) is 76.7 Å². The van der Waals surface area contributed by atoms with Crippen LogP contribution in [-0.2, 0) is 21.0 Å². The van der Waals surface area contributed by atoms with Crippen LogP contribution in [0.5, 0.6) is 0 Å². The average Bonchev–Trinajstić information content (AvgIpc) is 2.62. The summed E-state index contributed by atoms with van der Waals surface area (Å²) in [6, 6.07) is 11.5. The van der Waals surface area contributed by atoms with Crippen LogP contribution in [0.25, 0.3) is 0 Å². The number of halogens is 3. The molecule has 0 aliphatic rings. The molecule has 0 heterocycles. The number of alkyl carbamates (subject to hydrolysis) is 1. The Hall–Kier alpha value is -2.41. The minimum Gasteiger partial charge on any atom is -0.444 e. The third-order valence-electron chi connectivity index (χ3n) is 3.10. The average molecular weight is 430 g/mol. The predicted molar refractivity (Wildman–Crippen MR) is 105 cm³/mol. The van der Waals surface area contributed by atoms with Crippen LogP contribution in [0.1, 0.15) is 12.5 Å². The van der Waals surface area contributed by atoms with Crippen molar-refractivity contribution >= 4 is 52.6 Å². The molecule has 0 fully saturated rings. The number of hydrogen-bond donors (Lipinski definition) is 2. The summed E-state index contributed by atoms with van der Waals surface area (Å²) < 4.78 is 5.04. The van der Waals surface area contributed by atoms with Crippen LogP contribution in [0.2, 0.25) is 15.1 Å². The van der Waals surface area contributed by atoms with Crippen LogP contribution >= 0.6 is 34.8 Å². The Morgan fingerprint density at radius 1 is 1.04 bits per heavy atom. The fraction of sp³-hybridized carbons (Fsp3) is 0.111. The highest BCUT2D eigenvalue weighted by atomic mass is 35.5. The monoisotopic (exact) mass is 428 g/mol. The summed E-state index contributed by atoms with van der Waals surface area (Å²) in [5.74, 6) is -0.702. The first-order chi connectivity index (χ1) is 12.8. The molecule has 0 saturated carbocycles. The van der Waals surface area contributed by atoms with Crippen molar-refractivity contribution in [2.45, 2.75) is 13.5 Å². The highest BCUT2D eigenvalue weighted by molar-refractivity contribution is 6.42. The summed E-state index contributed by atoms with van der Waals surface area (Å²) in [7, 11) is 0. The zero-order valence-electron chi connectivity index (χ0n) is 14.1. The maximum Gasteiger partial charge on any atom is 0.411 e. The van der Waals surface area contributed by atoms with E-state index in [2.05, 4.69) is 10.8 Å². The van der Waals surface area contributed by atoms with Gasteiger partial charge in [0.25, 0.3) is 0 Å². The summed E-state index contributed by atoms with van der Waals surface area (Å²) in [6.07, 6.45) is 0.372. The molecule has 1 amide bonds. The number of nitrogens with one attached hydrogen (secondary N) is 2. The van der Waals surface area contributed by atoms with Gasteiger partial charge in [0.05, 0.1) is 15.7 Å². The Bertz CT molecular complexity index is 854. The van der Waals surface area contributed by atoms with Gasteiger partial charge in [0.15, 0.2) is 0 Å². The lowest BCUT2D eigenvalue weighted by atomic mass is 10.2. The number of amides is 1. The molecule has 0 atom stereocenters. The number of rotatable bonds is 6. The van der Waals surface area contributed by atoms with Crippen molar-refractivity contribution in [2.75, 3.05) is 5.48 Å². The Labute approximate surface area is 171 Å². The lowest BCUT2D eigenvalue weighted by Gasteiger charge is -2.08. The lowest BCUT2D eigenvalue weighted by molar-refractivity contribution is -0.134. The molecule has 2 aromatic carbocycles. The van der Waals surface area contributed by atoms with E-state index in [-0.39, 0.29) is 12.3 Å². The first-order valence-corrected chi connectivity index (χ1v) is 8.75. The van der Waals surface area contributed by atoms with Crippen LogP contribution in [-0.4, -0.2) is 12.1 Å². The number of ether oxygens (including phenoxy) is 1. The van der Waals surface area contributed by atoms with E-state index >= 15 is 0 Å². The first kappa shape index (κ1) is 20.9. The highest BCUT2D eigenvalue weighted by Gasteiger charge is 2.07. The van der Waals surface area contributed by atoms with Gasteiger partial charge in [0, 0.05) is 16.8 Å². The quantitative estimate of drug-likeness (QED) is 0.478. The Balaban J connectivity index is 1.77. The number of hydrogen-bond acceptors (Lipinski definition) is 5. The molecule has 0 aliphatic carbocycles. The van der Waals surface area contributed by atoms with Crippen molar-refractivity contribution in [1.82, 2.24) is 5.32 Å². The second-order valence-corrected chi connectivity index (χ2v) is 6.56. The first-order valence-electron chi connectivity index (χ1n) is 7.62. The third-order valence-corrected chi connectivity index (χ3v) is 4.09. The van der Waals surface area contributed by atoms with Crippen molar-refractivity contribution in [3.8, 4) is 0 Å². The van der Waals surface area contributed by atoms with Gasteiger partial charge in [0.2, 0.25) is 0 Å². The van der Waals surface area contributed by atoms with E-state index in [0.29, 0.717) is 26.3 Å². The van der Waals surface area contributed by atoms with Gasteiger partial charge in [-0.15, -0.1) is 0 Å². The van der Waals surface area contributed by atoms with Crippen molar-refractivity contribution in [2.24, 2.45) is 0 Å². The Kier molecular flexibility index (Phi) is 7.79. The Morgan fingerprint density at radius 3 is 2.41 bits per heavy atom. The summed E-state index contributed by atoms with van der Waals surface area (Å²) in [5, 5.41) is 3.75. The van der Waals surface area contributed by atoms with Gasteiger partial charge in [-0.1, -0.05) is 40.9 Å². The molecule has 142 valence electrons. The van der Waals surface area contributed by atoms with Gasteiger partial charge < -0.3 is 9.57 Å². The maximum atomic E-state index is 11.8. The molecule has 6 nitrogen and oxygen atoms in total. The van der Waals surface area contributed by atoms with Crippen LogP contribution in [0.3, 0.4) is 0 Å². The molecule has 2 rings (SSSR count). The van der Waals surface area contributed by atoms with Crippen LogP contribution in [0.15, 0.2) is 54.2 Å². The standard InChI is InChI=1S/C18H15Cl3N2O4/c1-11(8-17(24)27-23-14-5-3-13(19)4-6-14)22-18(25)26-10-12-2-7-15(20)16(21)9-12/h2-9,23H,10H2,1H3,(H,22,25). The molecule has 27 heavy (non-hydrogen) atoms. The van der Waals surface area contributed by atoms with E-state index in [0.717, 1.165) is 6.08 Å². The largest absolute Gasteiger partial charge is 0.444 e. The van der Waals surface area contributed by atoms with E-state index in [1.54, 1.807) is 42.5 Å². The lowest BCUT2D eigenvalue weighted by Crippen LogP contribution is -2.23. The van der Waals surface area contributed by atoms with Gasteiger partial charge in [-0.3, -0.25) is 5.32 Å². The summed E-state index contributed by atoms with van der Waals surface area (Å²) in [5.41, 5.74) is 3.94. The zero-order chi connectivity index (χ0) is 19.8. The predicted octanol–water partition coefficient (Wildman–Crippen LogP) is 5.35. The molecule has 0 spiro atoms. The minimum atomic E-state index is -0.728. The molecule has 0 unspecified atom stereocenters. The molecular weight excluding hydrogens is 415 g/mol. The van der Waals surface area contributed by atoms with Gasteiger partial charge in [-0.25, -0.2) is 15.1 Å². The molecule has 0 saturated heterocycles. The van der Waals surface area contributed by atoms with Gasteiger partial charge in [0.1, 0.15) is 6.61 Å². The summed E-state index contributed by atoms with van der Waals surface area (Å²) in [6.45, 7) is 1.52. The molecule has 9 heteroatoms. The molecular formula is C18H15Cl3N2O4. The summed E-state index contributed by atoms with van der Waals surface area (Å²) >= 11 is 17.5. The van der Waals surface area contributed by atoms with Crippen LogP contribution < -0.4 is 10.8 Å². The van der Waals surface area contributed by atoms with Gasteiger partial charge in [-0.2, -0.15) is 0 Å². The van der Waals surface area contributed by atoms with Crippen molar-refractivity contribution < 1.29 is 19.2 Å². The van der Waals surface area contributed by atoms with E-state index in [9.17, 15) is 9.59 Å². The molecule has 0 radical (unpaired) electrons. The smallest absolute Gasteiger partial charge is 0.411 e. The fourth-order valence-electron chi connectivity index (χ4n) is 1.84. The maximum absolute atomic E-state index is 11.8. The van der Waals surface area contributed by atoms with E-state index < -0.39 is 12.1 Å². The normalized spacial score (nSPS) is 10.9. The number of anilines is 1. The number of carbonyl (C=O) groups is 2. The van der Waals surface area contributed by atoms with E-state index in [1.165, 1.54) is 6.92 Å².